The summed E-state index contributed by atoms with van der Waals surface area (Å²) in [5.74, 6) is 0. The van der Waals surface area contributed by atoms with Gasteiger partial charge >= 0.3 is 0 Å². The van der Waals surface area contributed by atoms with E-state index in [1.54, 1.807) is 23.5 Å². The van der Waals surface area contributed by atoms with E-state index < -0.39 is 0 Å². The second-order valence-corrected chi connectivity index (χ2v) is 6.15. The number of aryl methyl sites for hydroxylation is 1. The van der Waals surface area contributed by atoms with Crippen molar-refractivity contribution >= 4 is 38.6 Å². The third-order valence-electron chi connectivity index (χ3n) is 2.82. The first-order valence-corrected chi connectivity index (χ1v) is 7.40. The van der Waals surface area contributed by atoms with E-state index in [-0.39, 0.29) is 16.7 Å². The number of nitro benzene ring substituents is 1. The Hall–Kier alpha value is -1.40. The van der Waals surface area contributed by atoms with Crippen LogP contribution in [0, 0.1) is 17.0 Å². The predicted molar refractivity (Wildman–Crippen MR) is 81.9 cm³/mol. The Morgan fingerprint density at radius 3 is 2.74 bits per heavy atom. The Kier molecular flexibility index (Phi) is 4.21. The standard InChI is InChI=1S/C13H13BrN2O2S/c1-8-3-4-11(16(17)18)6-12(8)15-9(2)13-5-10(14)7-19-13/h3-7,9,15H,1-2H3. The number of nitrogens with zero attached hydrogens (tertiary/aromatic N) is 1. The van der Waals surface area contributed by atoms with Crippen LogP contribution in [0.5, 0.6) is 0 Å². The molecule has 0 aliphatic carbocycles. The Bertz CT molecular complexity index is 612. The lowest BCUT2D eigenvalue weighted by molar-refractivity contribution is -0.384. The smallest absolute Gasteiger partial charge is 0.271 e. The molecule has 0 radical (unpaired) electrons. The summed E-state index contributed by atoms with van der Waals surface area (Å²) >= 11 is 5.07. The van der Waals surface area contributed by atoms with E-state index in [4.69, 9.17) is 0 Å². The summed E-state index contributed by atoms with van der Waals surface area (Å²) in [6.07, 6.45) is 0. The number of rotatable bonds is 4. The van der Waals surface area contributed by atoms with E-state index in [1.165, 1.54) is 10.9 Å². The minimum Gasteiger partial charge on any atom is -0.377 e. The molecule has 1 N–H and O–H groups in total. The SMILES string of the molecule is Cc1ccc([N+](=O)[O-])cc1NC(C)c1cc(Br)cs1. The zero-order chi connectivity index (χ0) is 14.0. The fourth-order valence-electron chi connectivity index (χ4n) is 1.74. The first kappa shape index (κ1) is 14.0. The van der Waals surface area contributed by atoms with Gasteiger partial charge in [0.1, 0.15) is 0 Å². The minimum atomic E-state index is -0.378. The number of anilines is 1. The van der Waals surface area contributed by atoms with Crippen LogP contribution in [0.1, 0.15) is 23.4 Å². The Balaban J connectivity index is 2.22. The summed E-state index contributed by atoms with van der Waals surface area (Å²) in [6, 6.07) is 7.02. The van der Waals surface area contributed by atoms with Crippen molar-refractivity contribution in [1.29, 1.82) is 0 Å². The van der Waals surface area contributed by atoms with E-state index in [0.29, 0.717) is 0 Å². The molecular formula is C13H13BrN2O2S. The number of halogens is 1. The van der Waals surface area contributed by atoms with Crippen molar-refractivity contribution in [3.63, 3.8) is 0 Å². The fourth-order valence-corrected chi connectivity index (χ4v) is 3.19. The molecule has 1 unspecified atom stereocenters. The van der Waals surface area contributed by atoms with Crippen molar-refractivity contribution in [2.75, 3.05) is 5.32 Å². The van der Waals surface area contributed by atoms with Crippen LogP contribution in [0.3, 0.4) is 0 Å². The second-order valence-electron chi connectivity index (χ2n) is 4.29. The molecule has 0 aliphatic heterocycles. The molecule has 2 rings (SSSR count). The van der Waals surface area contributed by atoms with Crippen LogP contribution in [0.15, 0.2) is 34.1 Å². The molecule has 1 aromatic heterocycles. The van der Waals surface area contributed by atoms with Crippen LogP contribution >= 0.6 is 27.3 Å². The summed E-state index contributed by atoms with van der Waals surface area (Å²) in [6.45, 7) is 3.97. The number of non-ortho nitro benzene ring substituents is 1. The van der Waals surface area contributed by atoms with Gasteiger partial charge in [-0.3, -0.25) is 10.1 Å². The second kappa shape index (κ2) is 5.71. The van der Waals surface area contributed by atoms with Crippen LogP contribution < -0.4 is 5.32 Å². The maximum absolute atomic E-state index is 10.8. The van der Waals surface area contributed by atoms with Gasteiger partial charge in [0.25, 0.3) is 5.69 Å². The Morgan fingerprint density at radius 2 is 2.16 bits per heavy atom. The van der Waals surface area contributed by atoms with Gasteiger partial charge < -0.3 is 5.32 Å². The van der Waals surface area contributed by atoms with Gasteiger partial charge in [-0.05, 0) is 41.4 Å². The van der Waals surface area contributed by atoms with E-state index in [2.05, 4.69) is 27.3 Å². The number of nitro groups is 1. The van der Waals surface area contributed by atoms with E-state index in [1.807, 2.05) is 19.2 Å². The molecule has 0 saturated heterocycles. The number of thiophene rings is 1. The van der Waals surface area contributed by atoms with E-state index >= 15 is 0 Å². The highest BCUT2D eigenvalue weighted by atomic mass is 79.9. The fraction of sp³-hybridized carbons (Fsp3) is 0.231. The Morgan fingerprint density at radius 1 is 1.42 bits per heavy atom. The van der Waals surface area contributed by atoms with Crippen LogP contribution in [0.25, 0.3) is 0 Å². The zero-order valence-corrected chi connectivity index (χ0v) is 12.9. The largest absolute Gasteiger partial charge is 0.377 e. The van der Waals surface area contributed by atoms with Crippen LogP contribution in [-0.4, -0.2) is 4.92 Å². The average Bonchev–Trinajstić information content (AvgIpc) is 2.78. The Labute approximate surface area is 123 Å². The molecule has 0 saturated carbocycles. The average molecular weight is 341 g/mol. The third-order valence-corrected chi connectivity index (χ3v) is 4.69. The first-order valence-electron chi connectivity index (χ1n) is 5.73. The normalized spacial score (nSPS) is 12.2. The predicted octanol–water partition coefficient (Wildman–Crippen LogP) is 4.90. The van der Waals surface area contributed by atoms with E-state index in [9.17, 15) is 10.1 Å². The highest BCUT2D eigenvalue weighted by Gasteiger charge is 2.12. The van der Waals surface area contributed by atoms with Crippen molar-refractivity contribution < 1.29 is 4.92 Å². The van der Waals surface area contributed by atoms with Crippen molar-refractivity contribution in [2.24, 2.45) is 0 Å². The molecule has 0 aliphatic rings. The number of hydrogen-bond acceptors (Lipinski definition) is 4. The number of hydrogen-bond donors (Lipinski definition) is 1. The molecule has 6 heteroatoms. The molecule has 1 heterocycles. The molecule has 0 spiro atoms. The maximum Gasteiger partial charge on any atom is 0.271 e. The molecule has 0 fully saturated rings. The monoisotopic (exact) mass is 340 g/mol. The molecule has 1 aromatic carbocycles. The summed E-state index contributed by atoms with van der Waals surface area (Å²) in [5.41, 5.74) is 1.90. The molecule has 1 atom stereocenters. The van der Waals surface area contributed by atoms with Gasteiger partial charge in [-0.1, -0.05) is 6.07 Å². The lowest BCUT2D eigenvalue weighted by atomic mass is 10.1. The summed E-state index contributed by atoms with van der Waals surface area (Å²) in [5, 5.41) is 16.1. The lowest BCUT2D eigenvalue weighted by Gasteiger charge is -2.15. The van der Waals surface area contributed by atoms with Crippen LogP contribution in [0.2, 0.25) is 0 Å². The molecule has 100 valence electrons. The topological polar surface area (TPSA) is 55.2 Å². The first-order chi connectivity index (χ1) is 8.97. The highest BCUT2D eigenvalue weighted by molar-refractivity contribution is 9.10. The quantitative estimate of drug-likeness (QED) is 0.636. The van der Waals surface area contributed by atoms with Gasteiger partial charge in [0.2, 0.25) is 0 Å². The zero-order valence-electron chi connectivity index (χ0n) is 10.5. The molecule has 2 aromatic rings. The van der Waals surface area contributed by atoms with Crippen molar-refractivity contribution in [3.05, 3.63) is 54.7 Å². The van der Waals surface area contributed by atoms with Crippen molar-refractivity contribution in [3.8, 4) is 0 Å². The van der Waals surface area contributed by atoms with Gasteiger partial charge in [-0.25, -0.2) is 0 Å². The van der Waals surface area contributed by atoms with Gasteiger partial charge in [-0.2, -0.15) is 0 Å². The summed E-state index contributed by atoms with van der Waals surface area (Å²) in [7, 11) is 0. The van der Waals surface area contributed by atoms with E-state index in [0.717, 1.165) is 15.7 Å². The lowest BCUT2D eigenvalue weighted by Crippen LogP contribution is -2.06. The van der Waals surface area contributed by atoms with Crippen LogP contribution in [-0.2, 0) is 0 Å². The maximum atomic E-state index is 10.8. The third kappa shape index (κ3) is 3.33. The molecule has 0 amide bonds. The summed E-state index contributed by atoms with van der Waals surface area (Å²) in [4.78, 5) is 11.6. The van der Waals surface area contributed by atoms with Crippen molar-refractivity contribution in [1.82, 2.24) is 0 Å². The molecule has 4 nitrogen and oxygen atoms in total. The van der Waals surface area contributed by atoms with Gasteiger partial charge in [0.05, 0.1) is 11.0 Å². The van der Waals surface area contributed by atoms with Crippen molar-refractivity contribution in [2.45, 2.75) is 19.9 Å². The van der Waals surface area contributed by atoms with Gasteiger partial charge in [0, 0.05) is 32.6 Å². The summed E-state index contributed by atoms with van der Waals surface area (Å²) < 4.78 is 1.05. The van der Waals surface area contributed by atoms with Gasteiger partial charge in [0.15, 0.2) is 0 Å². The molecule has 0 bridgehead atoms. The van der Waals surface area contributed by atoms with Crippen LogP contribution in [0.4, 0.5) is 11.4 Å². The number of nitrogens with one attached hydrogen (secondary N) is 1. The molecular weight excluding hydrogens is 328 g/mol. The molecule has 19 heavy (non-hydrogen) atoms. The van der Waals surface area contributed by atoms with Gasteiger partial charge in [-0.15, -0.1) is 11.3 Å². The minimum absolute atomic E-state index is 0.104. The highest BCUT2D eigenvalue weighted by Crippen LogP contribution is 2.30. The number of benzene rings is 1.